The van der Waals surface area contributed by atoms with Crippen LogP contribution in [0.5, 0.6) is 0 Å². The van der Waals surface area contributed by atoms with Crippen LogP contribution in [0.15, 0.2) is 0 Å². The van der Waals surface area contributed by atoms with E-state index in [0.29, 0.717) is 4.75 Å². The molecule has 0 unspecified atom stereocenters. The second kappa shape index (κ2) is 1.67. The third-order valence-corrected chi connectivity index (χ3v) is 2.17. The predicted octanol–water partition coefficient (Wildman–Crippen LogP) is 1.49. The molecule has 0 radical (unpaired) electrons. The van der Waals surface area contributed by atoms with Crippen molar-refractivity contribution in [2.75, 3.05) is 12.5 Å². The number of hydrogen-bond acceptors (Lipinski definition) is 2. The summed E-state index contributed by atoms with van der Waals surface area (Å²) >= 11 is 1.88. The van der Waals surface area contributed by atoms with Crippen LogP contribution in [0.4, 0.5) is 0 Å². The molecule has 1 rings (SSSR count). The largest absolute Gasteiger partial charge is 0.369 e. The molecule has 0 aromatic heterocycles. The van der Waals surface area contributed by atoms with Crippen molar-refractivity contribution >= 4 is 11.8 Å². The summed E-state index contributed by atoms with van der Waals surface area (Å²) in [6, 6.07) is 0. The number of rotatable bonds is 0. The van der Waals surface area contributed by atoms with Crippen molar-refractivity contribution in [1.82, 2.24) is 0 Å². The van der Waals surface area contributed by atoms with Gasteiger partial charge in [0, 0.05) is 4.75 Å². The topological polar surface area (TPSA) is 9.23 Å². The zero-order chi connectivity index (χ0) is 5.33. The summed E-state index contributed by atoms with van der Waals surface area (Å²) in [4.78, 5) is 0. The van der Waals surface area contributed by atoms with E-state index in [4.69, 9.17) is 4.74 Å². The van der Waals surface area contributed by atoms with Crippen LogP contribution < -0.4 is 0 Å². The van der Waals surface area contributed by atoms with E-state index >= 15 is 0 Å². The Morgan fingerprint density at radius 2 is 2.29 bits per heavy atom. The Kier molecular flexibility index (Phi) is 1.30. The molecule has 0 spiro atoms. The molecule has 1 fully saturated rings. The van der Waals surface area contributed by atoms with E-state index in [1.54, 1.807) is 0 Å². The molecular weight excluding hydrogens is 108 g/mol. The molecular formula is C5H10OS. The Morgan fingerprint density at radius 1 is 1.57 bits per heavy atom. The van der Waals surface area contributed by atoms with Gasteiger partial charge in [-0.25, -0.2) is 0 Å². The molecule has 1 nitrogen and oxygen atoms in total. The molecule has 0 aromatic carbocycles. The zero-order valence-corrected chi connectivity index (χ0v) is 5.55. The fraction of sp³-hybridized carbons (Fsp3) is 1.00. The SMILES string of the molecule is CC1(C)COCS1. The normalized spacial score (nSPS) is 28.3. The van der Waals surface area contributed by atoms with Gasteiger partial charge in [-0.1, -0.05) is 0 Å². The quantitative estimate of drug-likeness (QED) is 0.476. The first-order valence-corrected chi connectivity index (χ1v) is 3.41. The molecule has 0 saturated carbocycles. The highest BCUT2D eigenvalue weighted by Gasteiger charge is 2.23. The average Bonchev–Trinajstić information content (AvgIpc) is 1.84. The second-order valence-corrected chi connectivity index (χ2v) is 4.00. The van der Waals surface area contributed by atoms with E-state index < -0.39 is 0 Å². The smallest absolute Gasteiger partial charge is 0.0927 e. The number of ether oxygens (including phenoxy) is 1. The van der Waals surface area contributed by atoms with E-state index in [1.165, 1.54) is 0 Å². The summed E-state index contributed by atoms with van der Waals surface area (Å²) in [7, 11) is 0. The minimum atomic E-state index is 0.389. The van der Waals surface area contributed by atoms with Crippen molar-refractivity contribution in [1.29, 1.82) is 0 Å². The lowest BCUT2D eigenvalue weighted by atomic mass is 10.2. The van der Waals surface area contributed by atoms with Crippen molar-refractivity contribution < 1.29 is 4.74 Å². The maximum Gasteiger partial charge on any atom is 0.0927 e. The molecule has 0 bridgehead atoms. The van der Waals surface area contributed by atoms with Gasteiger partial charge in [-0.05, 0) is 13.8 Å². The van der Waals surface area contributed by atoms with E-state index in [0.717, 1.165) is 12.5 Å². The lowest BCUT2D eigenvalue weighted by Gasteiger charge is -2.10. The lowest BCUT2D eigenvalue weighted by Crippen LogP contribution is -2.13. The Hall–Kier alpha value is 0.310. The van der Waals surface area contributed by atoms with Gasteiger partial charge in [0.15, 0.2) is 0 Å². The summed E-state index contributed by atoms with van der Waals surface area (Å²) in [6.07, 6.45) is 0. The fourth-order valence-corrected chi connectivity index (χ4v) is 1.18. The molecule has 0 atom stereocenters. The van der Waals surface area contributed by atoms with Crippen LogP contribution in [0.2, 0.25) is 0 Å². The summed E-state index contributed by atoms with van der Waals surface area (Å²) in [5, 5.41) is 0. The third kappa shape index (κ3) is 1.35. The zero-order valence-electron chi connectivity index (χ0n) is 4.73. The Bertz CT molecular complexity index is 62.5. The monoisotopic (exact) mass is 118 g/mol. The van der Waals surface area contributed by atoms with Gasteiger partial charge in [0.25, 0.3) is 0 Å². The van der Waals surface area contributed by atoms with Gasteiger partial charge in [-0.3, -0.25) is 0 Å². The molecule has 0 N–H and O–H groups in total. The van der Waals surface area contributed by atoms with E-state index in [9.17, 15) is 0 Å². The van der Waals surface area contributed by atoms with Crippen LogP contribution in [0.3, 0.4) is 0 Å². The van der Waals surface area contributed by atoms with Crippen LogP contribution in [0.25, 0.3) is 0 Å². The maximum atomic E-state index is 5.12. The highest BCUT2D eigenvalue weighted by atomic mass is 32.2. The van der Waals surface area contributed by atoms with Crippen LogP contribution in [-0.4, -0.2) is 17.3 Å². The van der Waals surface area contributed by atoms with Crippen molar-refractivity contribution in [3.05, 3.63) is 0 Å². The van der Waals surface area contributed by atoms with Crippen molar-refractivity contribution in [2.24, 2.45) is 0 Å². The first kappa shape index (κ1) is 5.45. The fourth-order valence-electron chi connectivity index (χ4n) is 0.530. The molecule has 7 heavy (non-hydrogen) atoms. The molecule has 1 saturated heterocycles. The minimum absolute atomic E-state index is 0.389. The van der Waals surface area contributed by atoms with Gasteiger partial charge in [0.2, 0.25) is 0 Å². The van der Waals surface area contributed by atoms with Crippen LogP contribution in [-0.2, 0) is 4.74 Å². The van der Waals surface area contributed by atoms with E-state index in [1.807, 2.05) is 11.8 Å². The third-order valence-electron chi connectivity index (χ3n) is 0.983. The molecule has 1 heterocycles. The molecule has 0 amide bonds. The molecule has 1 aliphatic heterocycles. The van der Waals surface area contributed by atoms with E-state index in [2.05, 4.69) is 13.8 Å². The molecule has 42 valence electrons. The summed E-state index contributed by atoms with van der Waals surface area (Å²) in [5.41, 5.74) is 0. The highest BCUT2D eigenvalue weighted by molar-refractivity contribution is 8.00. The molecule has 1 aliphatic rings. The molecule has 0 aliphatic carbocycles. The van der Waals surface area contributed by atoms with Crippen LogP contribution >= 0.6 is 11.8 Å². The molecule has 0 aromatic rings. The number of hydrogen-bond donors (Lipinski definition) is 0. The standard InChI is InChI=1S/C5H10OS/c1-5(2)3-6-4-7-5/h3-4H2,1-2H3. The molecule has 2 heteroatoms. The van der Waals surface area contributed by atoms with Gasteiger partial charge in [-0.15, -0.1) is 11.8 Å². The van der Waals surface area contributed by atoms with Gasteiger partial charge in [-0.2, -0.15) is 0 Å². The minimum Gasteiger partial charge on any atom is -0.369 e. The summed E-state index contributed by atoms with van der Waals surface area (Å²) in [5.74, 6) is 0.882. The average molecular weight is 118 g/mol. The lowest BCUT2D eigenvalue weighted by molar-refractivity contribution is 0.187. The Labute approximate surface area is 48.4 Å². The van der Waals surface area contributed by atoms with Crippen LogP contribution in [0.1, 0.15) is 13.8 Å². The summed E-state index contributed by atoms with van der Waals surface area (Å²) in [6.45, 7) is 5.31. The van der Waals surface area contributed by atoms with Crippen molar-refractivity contribution in [3.63, 3.8) is 0 Å². The first-order chi connectivity index (χ1) is 3.21. The van der Waals surface area contributed by atoms with Gasteiger partial charge in [0.05, 0.1) is 12.5 Å². The number of thioether (sulfide) groups is 1. The first-order valence-electron chi connectivity index (χ1n) is 2.42. The van der Waals surface area contributed by atoms with Crippen molar-refractivity contribution in [2.45, 2.75) is 18.6 Å². The van der Waals surface area contributed by atoms with E-state index in [-0.39, 0.29) is 0 Å². The van der Waals surface area contributed by atoms with Crippen molar-refractivity contribution in [3.8, 4) is 0 Å². The highest BCUT2D eigenvalue weighted by Crippen LogP contribution is 2.30. The Morgan fingerprint density at radius 3 is 2.43 bits per heavy atom. The van der Waals surface area contributed by atoms with Gasteiger partial charge >= 0.3 is 0 Å². The van der Waals surface area contributed by atoms with Gasteiger partial charge in [0.1, 0.15) is 0 Å². The maximum absolute atomic E-state index is 5.12. The summed E-state index contributed by atoms with van der Waals surface area (Å²) < 4.78 is 5.51. The van der Waals surface area contributed by atoms with Gasteiger partial charge < -0.3 is 4.74 Å². The van der Waals surface area contributed by atoms with Crippen LogP contribution in [0, 0.1) is 0 Å². The predicted molar refractivity (Wildman–Crippen MR) is 32.5 cm³/mol. The Balaban J connectivity index is 2.40. The second-order valence-electron chi connectivity index (χ2n) is 2.37.